The molecule has 4 heteroatoms. The Hall–Kier alpha value is -1.16. The molecule has 1 aliphatic carbocycles. The minimum Gasteiger partial charge on any atom is -0.336 e. The summed E-state index contributed by atoms with van der Waals surface area (Å²) in [6.45, 7) is 5.27. The highest BCUT2D eigenvalue weighted by atomic mass is 15.3. The van der Waals surface area contributed by atoms with Gasteiger partial charge in [0.1, 0.15) is 0 Å². The largest absolute Gasteiger partial charge is 0.336 e. The third-order valence-corrected chi connectivity index (χ3v) is 3.99. The summed E-state index contributed by atoms with van der Waals surface area (Å²) in [4.78, 5) is 11.4. The number of rotatable bonds is 2. The van der Waals surface area contributed by atoms with Crippen molar-refractivity contribution in [3.63, 3.8) is 0 Å². The van der Waals surface area contributed by atoms with Gasteiger partial charge in [0, 0.05) is 38.1 Å². The Morgan fingerprint density at radius 2 is 2.06 bits per heavy atom. The molecule has 0 aromatic carbocycles. The molecule has 1 unspecified atom stereocenters. The van der Waals surface area contributed by atoms with Gasteiger partial charge >= 0.3 is 0 Å². The molecule has 2 fully saturated rings. The third-order valence-electron chi connectivity index (χ3n) is 3.99. The lowest BCUT2D eigenvalue weighted by Crippen LogP contribution is -2.50. The number of nitrogens with zero attached hydrogens (tertiary/aromatic N) is 3. The van der Waals surface area contributed by atoms with E-state index in [2.05, 4.69) is 27.1 Å². The number of nitrogens with one attached hydrogen (secondary N) is 1. The van der Waals surface area contributed by atoms with E-state index in [4.69, 9.17) is 0 Å². The fraction of sp³-hybridized carbons (Fsp3) is 0.692. The van der Waals surface area contributed by atoms with E-state index >= 15 is 0 Å². The lowest BCUT2D eigenvalue weighted by molar-refractivity contribution is 0.417. The highest BCUT2D eigenvalue weighted by molar-refractivity contribution is 5.33. The zero-order valence-electron chi connectivity index (χ0n) is 10.4. The smallest absolute Gasteiger partial charge is 0.225 e. The number of aromatic nitrogens is 2. The minimum atomic E-state index is 0.485. The predicted octanol–water partition coefficient (Wildman–Crippen LogP) is 1.54. The summed E-state index contributed by atoms with van der Waals surface area (Å²) < 4.78 is 0. The molecule has 3 rings (SSSR count). The predicted molar refractivity (Wildman–Crippen MR) is 68.3 cm³/mol. The highest BCUT2D eigenvalue weighted by Crippen LogP contribution is 2.35. The quantitative estimate of drug-likeness (QED) is 0.840. The average molecular weight is 232 g/mol. The zero-order valence-corrected chi connectivity index (χ0v) is 10.4. The normalized spacial score (nSPS) is 25.7. The number of hydrogen-bond donors (Lipinski definition) is 1. The maximum atomic E-state index is 4.54. The number of piperazine rings is 1. The van der Waals surface area contributed by atoms with Crippen LogP contribution in [0.5, 0.6) is 0 Å². The van der Waals surface area contributed by atoms with Crippen molar-refractivity contribution in [1.29, 1.82) is 0 Å². The van der Waals surface area contributed by atoms with Gasteiger partial charge in [-0.1, -0.05) is 6.42 Å². The van der Waals surface area contributed by atoms with Crippen LogP contribution in [0.25, 0.3) is 0 Å². The molecule has 2 heterocycles. The summed E-state index contributed by atoms with van der Waals surface area (Å²) in [6, 6.07) is 0.485. The topological polar surface area (TPSA) is 41.0 Å². The standard InChI is InChI=1S/C13H20N4/c1-10-7-14-5-6-17(10)13-15-8-12(9-16-13)11-3-2-4-11/h8-11,14H,2-7H2,1H3. The average Bonchev–Trinajstić information content (AvgIpc) is 2.29. The van der Waals surface area contributed by atoms with E-state index in [0.29, 0.717) is 6.04 Å². The SMILES string of the molecule is CC1CNCCN1c1ncc(C2CCC2)cn1. The van der Waals surface area contributed by atoms with Crippen LogP contribution in [0.15, 0.2) is 12.4 Å². The van der Waals surface area contributed by atoms with Crippen LogP contribution >= 0.6 is 0 Å². The van der Waals surface area contributed by atoms with Gasteiger partial charge in [0.05, 0.1) is 0 Å². The summed E-state index contributed by atoms with van der Waals surface area (Å²) in [5, 5.41) is 3.38. The first-order valence-corrected chi connectivity index (χ1v) is 6.64. The molecule has 0 spiro atoms. The summed E-state index contributed by atoms with van der Waals surface area (Å²) in [5.74, 6) is 1.62. The summed E-state index contributed by atoms with van der Waals surface area (Å²) in [7, 11) is 0. The van der Waals surface area contributed by atoms with Gasteiger partial charge < -0.3 is 10.2 Å². The highest BCUT2D eigenvalue weighted by Gasteiger charge is 2.23. The molecule has 4 nitrogen and oxygen atoms in total. The van der Waals surface area contributed by atoms with Crippen LogP contribution in [0.2, 0.25) is 0 Å². The Kier molecular flexibility index (Phi) is 2.97. The molecule has 0 radical (unpaired) electrons. The van der Waals surface area contributed by atoms with Crippen molar-refractivity contribution < 1.29 is 0 Å². The second-order valence-electron chi connectivity index (χ2n) is 5.19. The summed E-state index contributed by atoms with van der Waals surface area (Å²) in [6.07, 6.45) is 8.04. The first kappa shape index (κ1) is 11.0. The first-order valence-electron chi connectivity index (χ1n) is 6.64. The van der Waals surface area contributed by atoms with Gasteiger partial charge in [0.15, 0.2) is 0 Å². The van der Waals surface area contributed by atoms with Gasteiger partial charge in [-0.05, 0) is 31.2 Å². The molecule has 1 aliphatic heterocycles. The van der Waals surface area contributed by atoms with Crippen LogP contribution in [0.3, 0.4) is 0 Å². The Morgan fingerprint density at radius 3 is 2.65 bits per heavy atom. The van der Waals surface area contributed by atoms with Crippen LogP contribution in [-0.4, -0.2) is 35.6 Å². The van der Waals surface area contributed by atoms with Crippen LogP contribution in [0, 0.1) is 0 Å². The fourth-order valence-electron chi connectivity index (χ4n) is 2.57. The van der Waals surface area contributed by atoms with Crippen molar-refractivity contribution in [1.82, 2.24) is 15.3 Å². The number of hydrogen-bond acceptors (Lipinski definition) is 4. The van der Waals surface area contributed by atoms with Crippen LogP contribution in [0.4, 0.5) is 5.95 Å². The number of anilines is 1. The monoisotopic (exact) mass is 232 g/mol. The molecule has 0 bridgehead atoms. The maximum absolute atomic E-state index is 4.54. The van der Waals surface area contributed by atoms with Gasteiger partial charge in [0.25, 0.3) is 0 Å². The molecule has 1 N–H and O–H groups in total. The van der Waals surface area contributed by atoms with E-state index in [0.717, 1.165) is 31.5 Å². The van der Waals surface area contributed by atoms with E-state index in [1.54, 1.807) is 0 Å². The van der Waals surface area contributed by atoms with Crippen LogP contribution in [0.1, 0.15) is 37.7 Å². The minimum absolute atomic E-state index is 0.485. The van der Waals surface area contributed by atoms with Crippen molar-refractivity contribution in [3.05, 3.63) is 18.0 Å². The van der Waals surface area contributed by atoms with E-state index in [-0.39, 0.29) is 0 Å². The van der Waals surface area contributed by atoms with Crippen LogP contribution in [-0.2, 0) is 0 Å². The summed E-state index contributed by atoms with van der Waals surface area (Å²) in [5.41, 5.74) is 1.32. The third kappa shape index (κ3) is 2.14. The summed E-state index contributed by atoms with van der Waals surface area (Å²) >= 11 is 0. The Labute approximate surface area is 102 Å². The molecule has 1 saturated carbocycles. The molecule has 1 aromatic rings. The van der Waals surface area contributed by atoms with Crippen molar-refractivity contribution >= 4 is 5.95 Å². The van der Waals surface area contributed by atoms with Gasteiger partial charge in [-0.15, -0.1) is 0 Å². The molecule has 1 aromatic heterocycles. The molecule has 0 amide bonds. The van der Waals surface area contributed by atoms with Gasteiger partial charge in [-0.2, -0.15) is 0 Å². The van der Waals surface area contributed by atoms with Gasteiger partial charge in [-0.3, -0.25) is 0 Å². The Balaban J connectivity index is 1.74. The molecule has 2 aliphatic rings. The fourth-order valence-corrected chi connectivity index (χ4v) is 2.57. The van der Waals surface area contributed by atoms with E-state index in [1.165, 1.54) is 24.8 Å². The molecular weight excluding hydrogens is 212 g/mol. The van der Waals surface area contributed by atoms with Crippen molar-refractivity contribution in [3.8, 4) is 0 Å². The second-order valence-corrected chi connectivity index (χ2v) is 5.19. The van der Waals surface area contributed by atoms with E-state index in [9.17, 15) is 0 Å². The molecular formula is C13H20N4. The lowest BCUT2D eigenvalue weighted by Gasteiger charge is -2.34. The Bertz CT molecular complexity index is 372. The molecule has 1 saturated heterocycles. The first-order chi connectivity index (χ1) is 8.34. The zero-order chi connectivity index (χ0) is 11.7. The van der Waals surface area contributed by atoms with E-state index in [1.807, 2.05) is 12.4 Å². The lowest BCUT2D eigenvalue weighted by atomic mass is 9.81. The molecule has 92 valence electrons. The van der Waals surface area contributed by atoms with E-state index < -0.39 is 0 Å². The maximum Gasteiger partial charge on any atom is 0.225 e. The van der Waals surface area contributed by atoms with Gasteiger partial charge in [0.2, 0.25) is 5.95 Å². The molecule has 1 atom stereocenters. The van der Waals surface area contributed by atoms with Crippen molar-refractivity contribution in [2.75, 3.05) is 24.5 Å². The van der Waals surface area contributed by atoms with Gasteiger partial charge in [-0.25, -0.2) is 9.97 Å². The Morgan fingerprint density at radius 1 is 1.29 bits per heavy atom. The second kappa shape index (κ2) is 4.61. The van der Waals surface area contributed by atoms with Crippen molar-refractivity contribution in [2.45, 2.75) is 38.1 Å². The van der Waals surface area contributed by atoms with Crippen LogP contribution < -0.4 is 10.2 Å². The van der Waals surface area contributed by atoms with Crippen molar-refractivity contribution in [2.24, 2.45) is 0 Å². The molecule has 17 heavy (non-hydrogen) atoms.